The Morgan fingerprint density at radius 1 is 1.14 bits per heavy atom. The van der Waals surface area contributed by atoms with Gasteiger partial charge in [-0.2, -0.15) is 0 Å². The number of aryl methyl sites for hydroxylation is 2. The van der Waals surface area contributed by atoms with Crippen molar-refractivity contribution in [3.63, 3.8) is 0 Å². The third kappa shape index (κ3) is 5.32. The maximum Gasteiger partial charge on any atom is 0.258 e. The zero-order valence-corrected chi connectivity index (χ0v) is 17.5. The van der Waals surface area contributed by atoms with Crippen molar-refractivity contribution in [1.82, 2.24) is 9.88 Å². The maximum atomic E-state index is 12.8. The lowest BCUT2D eigenvalue weighted by molar-refractivity contribution is 0.102. The smallest absolute Gasteiger partial charge is 0.258 e. The van der Waals surface area contributed by atoms with Crippen LogP contribution < -0.4 is 10.6 Å². The second-order valence-corrected chi connectivity index (χ2v) is 8.18. The molecule has 150 valence electrons. The zero-order valence-electron chi connectivity index (χ0n) is 17.5. The Labute approximate surface area is 168 Å². The number of hydrogen-bond acceptors (Lipinski definition) is 4. The Morgan fingerprint density at radius 2 is 1.86 bits per heavy atom. The van der Waals surface area contributed by atoms with Gasteiger partial charge in [0.2, 0.25) is 0 Å². The molecule has 1 aliphatic rings. The average molecular weight is 381 g/mol. The molecule has 1 aromatic heterocycles. The molecule has 1 saturated heterocycles. The summed E-state index contributed by atoms with van der Waals surface area (Å²) < 4.78 is 0. The van der Waals surface area contributed by atoms with Crippen LogP contribution in [0.1, 0.15) is 48.2 Å². The Morgan fingerprint density at radius 3 is 2.50 bits per heavy atom. The lowest BCUT2D eigenvalue weighted by atomic mass is 9.95. The molecule has 0 bridgehead atoms. The number of anilines is 2. The van der Waals surface area contributed by atoms with E-state index in [0.29, 0.717) is 23.3 Å². The van der Waals surface area contributed by atoms with Crippen LogP contribution in [0.3, 0.4) is 0 Å². The van der Waals surface area contributed by atoms with Crippen LogP contribution in [0.15, 0.2) is 36.5 Å². The van der Waals surface area contributed by atoms with E-state index in [4.69, 9.17) is 0 Å². The van der Waals surface area contributed by atoms with Gasteiger partial charge in [-0.05, 0) is 83.3 Å². The van der Waals surface area contributed by atoms with Crippen LogP contribution >= 0.6 is 0 Å². The second kappa shape index (κ2) is 9.20. The average Bonchev–Trinajstić information content (AvgIpc) is 2.69. The van der Waals surface area contributed by atoms with Crippen molar-refractivity contribution in [3.05, 3.63) is 53.2 Å². The number of carbonyl (C=O) groups is 1. The van der Waals surface area contributed by atoms with Gasteiger partial charge in [0.15, 0.2) is 0 Å². The Kier molecular flexibility index (Phi) is 6.68. The number of piperidine rings is 1. The zero-order chi connectivity index (χ0) is 20.1. The molecule has 0 unspecified atom stereocenters. The van der Waals surface area contributed by atoms with Crippen molar-refractivity contribution in [2.45, 2.75) is 46.6 Å². The number of benzene rings is 1. The fourth-order valence-corrected chi connectivity index (χ4v) is 3.65. The van der Waals surface area contributed by atoms with E-state index in [-0.39, 0.29) is 5.91 Å². The summed E-state index contributed by atoms with van der Waals surface area (Å²) in [6.45, 7) is 11.7. The van der Waals surface area contributed by atoms with Crippen LogP contribution in [-0.2, 0) is 0 Å². The quantitative estimate of drug-likeness (QED) is 0.776. The highest BCUT2D eigenvalue weighted by molar-refractivity contribution is 6.07. The number of aromatic nitrogens is 1. The molecule has 1 fully saturated rings. The van der Waals surface area contributed by atoms with Crippen molar-refractivity contribution < 1.29 is 4.79 Å². The molecule has 3 rings (SSSR count). The molecule has 2 heterocycles. The molecule has 2 aromatic rings. The number of nitrogens with one attached hydrogen (secondary N) is 2. The molecule has 0 spiro atoms. The minimum Gasteiger partial charge on any atom is -0.384 e. The van der Waals surface area contributed by atoms with Crippen LogP contribution in [0.4, 0.5) is 11.5 Å². The number of amides is 1. The van der Waals surface area contributed by atoms with Crippen LogP contribution in [0, 0.1) is 19.8 Å². The van der Waals surface area contributed by atoms with E-state index in [1.54, 1.807) is 6.20 Å². The van der Waals surface area contributed by atoms with Gasteiger partial charge in [-0.1, -0.05) is 17.7 Å². The van der Waals surface area contributed by atoms with E-state index >= 15 is 0 Å². The molecule has 28 heavy (non-hydrogen) atoms. The standard InChI is InChI=1S/C23H32N4O/c1-16(2)27-11-9-19(10-12-27)15-24-21-7-5-17(3)13-20(21)23(28)26-22-8-6-18(4)14-25-22/h5-8,13-14,16,19,24H,9-12,15H2,1-4H3,(H,25,26,28). The van der Waals surface area contributed by atoms with Crippen LogP contribution in [-0.4, -0.2) is 41.5 Å². The summed E-state index contributed by atoms with van der Waals surface area (Å²) >= 11 is 0. The summed E-state index contributed by atoms with van der Waals surface area (Å²) in [5.74, 6) is 1.09. The van der Waals surface area contributed by atoms with Crippen molar-refractivity contribution in [2.75, 3.05) is 30.3 Å². The summed E-state index contributed by atoms with van der Waals surface area (Å²) in [5.41, 5.74) is 3.70. The van der Waals surface area contributed by atoms with E-state index < -0.39 is 0 Å². The molecule has 1 aromatic carbocycles. The van der Waals surface area contributed by atoms with Crippen molar-refractivity contribution in [2.24, 2.45) is 5.92 Å². The molecular weight excluding hydrogens is 348 g/mol. The van der Waals surface area contributed by atoms with Crippen LogP contribution in [0.2, 0.25) is 0 Å². The van der Waals surface area contributed by atoms with Crippen LogP contribution in [0.25, 0.3) is 0 Å². The van der Waals surface area contributed by atoms with Gasteiger partial charge < -0.3 is 15.5 Å². The highest BCUT2D eigenvalue weighted by Crippen LogP contribution is 2.23. The summed E-state index contributed by atoms with van der Waals surface area (Å²) in [5, 5.41) is 6.44. The first-order valence-corrected chi connectivity index (χ1v) is 10.2. The summed E-state index contributed by atoms with van der Waals surface area (Å²) in [6.07, 6.45) is 4.16. The maximum absolute atomic E-state index is 12.8. The number of likely N-dealkylation sites (tertiary alicyclic amines) is 1. The minimum atomic E-state index is -0.128. The lowest BCUT2D eigenvalue weighted by Crippen LogP contribution is -2.39. The molecule has 0 saturated carbocycles. The Bertz CT molecular complexity index is 793. The molecule has 0 aliphatic carbocycles. The van der Waals surface area contributed by atoms with E-state index in [1.807, 2.05) is 44.2 Å². The van der Waals surface area contributed by atoms with Gasteiger partial charge in [-0.25, -0.2) is 4.98 Å². The van der Waals surface area contributed by atoms with E-state index in [0.717, 1.165) is 36.4 Å². The van der Waals surface area contributed by atoms with Crippen molar-refractivity contribution in [3.8, 4) is 0 Å². The molecular formula is C23H32N4O. The number of rotatable bonds is 6. The van der Waals surface area contributed by atoms with Gasteiger partial charge in [0.05, 0.1) is 5.56 Å². The predicted octanol–water partition coefficient (Wildman–Crippen LogP) is 4.48. The molecule has 2 N–H and O–H groups in total. The first-order valence-electron chi connectivity index (χ1n) is 10.2. The van der Waals surface area contributed by atoms with E-state index in [9.17, 15) is 4.79 Å². The Balaban J connectivity index is 1.64. The van der Waals surface area contributed by atoms with Crippen LogP contribution in [0.5, 0.6) is 0 Å². The highest BCUT2D eigenvalue weighted by atomic mass is 16.1. The van der Waals surface area contributed by atoms with E-state index in [1.165, 1.54) is 12.8 Å². The predicted molar refractivity (Wildman–Crippen MR) is 116 cm³/mol. The topological polar surface area (TPSA) is 57.3 Å². The summed E-state index contributed by atoms with van der Waals surface area (Å²) in [6, 6.07) is 10.4. The first kappa shape index (κ1) is 20.3. The third-order valence-electron chi connectivity index (χ3n) is 5.53. The molecule has 5 heteroatoms. The normalized spacial score (nSPS) is 15.6. The molecule has 1 amide bonds. The molecule has 0 atom stereocenters. The number of carbonyl (C=O) groups excluding carboxylic acids is 1. The largest absolute Gasteiger partial charge is 0.384 e. The highest BCUT2D eigenvalue weighted by Gasteiger charge is 2.21. The van der Waals surface area contributed by atoms with Gasteiger partial charge in [0.25, 0.3) is 5.91 Å². The van der Waals surface area contributed by atoms with Crippen molar-refractivity contribution >= 4 is 17.4 Å². The minimum absolute atomic E-state index is 0.128. The second-order valence-electron chi connectivity index (χ2n) is 8.18. The fourth-order valence-electron chi connectivity index (χ4n) is 3.65. The first-order chi connectivity index (χ1) is 13.4. The van der Waals surface area contributed by atoms with Gasteiger partial charge in [0.1, 0.15) is 5.82 Å². The lowest BCUT2D eigenvalue weighted by Gasteiger charge is -2.34. The number of pyridine rings is 1. The molecule has 0 radical (unpaired) electrons. The van der Waals surface area contributed by atoms with Gasteiger partial charge in [0, 0.05) is 24.5 Å². The summed E-state index contributed by atoms with van der Waals surface area (Å²) in [4.78, 5) is 19.7. The van der Waals surface area contributed by atoms with Gasteiger partial charge in [-0.15, -0.1) is 0 Å². The van der Waals surface area contributed by atoms with E-state index in [2.05, 4.69) is 34.4 Å². The van der Waals surface area contributed by atoms with Gasteiger partial charge >= 0.3 is 0 Å². The third-order valence-corrected chi connectivity index (χ3v) is 5.53. The molecule has 1 aliphatic heterocycles. The summed E-state index contributed by atoms with van der Waals surface area (Å²) in [7, 11) is 0. The fraction of sp³-hybridized carbons (Fsp3) is 0.478. The number of nitrogens with zero attached hydrogens (tertiary/aromatic N) is 2. The number of hydrogen-bond donors (Lipinski definition) is 2. The molecule has 5 nitrogen and oxygen atoms in total. The monoisotopic (exact) mass is 380 g/mol. The Hall–Kier alpha value is -2.40. The van der Waals surface area contributed by atoms with Gasteiger partial charge in [-0.3, -0.25) is 4.79 Å². The van der Waals surface area contributed by atoms with Crippen molar-refractivity contribution in [1.29, 1.82) is 0 Å². The SMILES string of the molecule is Cc1ccc(NC(=O)c2cc(C)ccc2NCC2CCN(C(C)C)CC2)nc1.